The largest absolute Gasteiger partial charge is 0.378 e. The number of nitrogens with zero attached hydrogens (tertiary/aromatic N) is 3. The van der Waals surface area contributed by atoms with Gasteiger partial charge in [0.1, 0.15) is 0 Å². The Labute approximate surface area is 116 Å². The molecule has 0 aliphatic rings. The van der Waals surface area contributed by atoms with Crippen LogP contribution in [0.1, 0.15) is 17.0 Å². The van der Waals surface area contributed by atoms with Crippen molar-refractivity contribution in [3.63, 3.8) is 0 Å². The summed E-state index contributed by atoms with van der Waals surface area (Å²) in [6.45, 7) is 1.55. The molecule has 0 saturated carbocycles. The van der Waals surface area contributed by atoms with Crippen molar-refractivity contribution in [1.82, 2.24) is 5.16 Å². The normalized spacial score (nSPS) is 10.9. The SMILES string of the molecule is Cc1noc(/C=C/c2ccc(N(C)C)cc2)c1[N+](=O)[O-]. The summed E-state index contributed by atoms with van der Waals surface area (Å²) >= 11 is 0. The number of nitro groups is 1. The maximum absolute atomic E-state index is 10.9. The van der Waals surface area contributed by atoms with Gasteiger partial charge in [0.05, 0.1) is 4.92 Å². The molecule has 1 aromatic carbocycles. The maximum Gasteiger partial charge on any atom is 0.338 e. The number of benzene rings is 1. The van der Waals surface area contributed by atoms with Crippen LogP contribution in [0.2, 0.25) is 0 Å². The Balaban J connectivity index is 2.23. The fraction of sp³-hybridized carbons (Fsp3) is 0.214. The predicted molar refractivity (Wildman–Crippen MR) is 77.6 cm³/mol. The smallest absolute Gasteiger partial charge is 0.338 e. The standard InChI is InChI=1S/C14H15N3O3/c1-10-14(17(18)19)13(20-15-10)9-6-11-4-7-12(8-5-11)16(2)3/h4-9H,1-3H3/b9-6+. The van der Waals surface area contributed by atoms with Crippen LogP contribution in [0.3, 0.4) is 0 Å². The van der Waals surface area contributed by atoms with E-state index in [0.717, 1.165) is 11.3 Å². The van der Waals surface area contributed by atoms with E-state index in [0.29, 0.717) is 0 Å². The van der Waals surface area contributed by atoms with E-state index in [1.54, 1.807) is 19.1 Å². The lowest BCUT2D eigenvalue weighted by Crippen LogP contribution is -2.07. The van der Waals surface area contributed by atoms with Gasteiger partial charge in [-0.25, -0.2) is 0 Å². The second-order valence-electron chi connectivity index (χ2n) is 4.56. The maximum atomic E-state index is 10.9. The van der Waals surface area contributed by atoms with Crippen molar-refractivity contribution in [2.75, 3.05) is 19.0 Å². The van der Waals surface area contributed by atoms with Gasteiger partial charge in [0.25, 0.3) is 0 Å². The summed E-state index contributed by atoms with van der Waals surface area (Å²) in [5, 5.41) is 14.5. The molecule has 0 amide bonds. The first kappa shape index (κ1) is 13.8. The number of aryl methyl sites for hydroxylation is 1. The highest BCUT2D eigenvalue weighted by Gasteiger charge is 2.21. The minimum absolute atomic E-state index is 0.0915. The Morgan fingerprint density at radius 3 is 2.45 bits per heavy atom. The van der Waals surface area contributed by atoms with Crippen molar-refractivity contribution in [3.8, 4) is 0 Å². The molecule has 104 valence electrons. The summed E-state index contributed by atoms with van der Waals surface area (Å²) < 4.78 is 4.95. The summed E-state index contributed by atoms with van der Waals surface area (Å²) in [5.41, 5.74) is 2.20. The van der Waals surface area contributed by atoms with Gasteiger partial charge in [-0.05, 0) is 30.7 Å². The average Bonchev–Trinajstić information content (AvgIpc) is 2.78. The number of hydrogen-bond acceptors (Lipinski definition) is 5. The summed E-state index contributed by atoms with van der Waals surface area (Å²) in [7, 11) is 3.93. The molecule has 2 aromatic rings. The van der Waals surface area contributed by atoms with Gasteiger partial charge in [-0.2, -0.15) is 0 Å². The van der Waals surface area contributed by atoms with Crippen LogP contribution in [0.15, 0.2) is 28.8 Å². The molecule has 0 fully saturated rings. The lowest BCUT2D eigenvalue weighted by Gasteiger charge is -2.11. The molecule has 0 radical (unpaired) electrons. The molecule has 0 saturated heterocycles. The Kier molecular flexibility index (Phi) is 3.84. The molecule has 6 heteroatoms. The molecule has 1 aromatic heterocycles. The second kappa shape index (κ2) is 5.56. The molecular formula is C14H15N3O3. The van der Waals surface area contributed by atoms with E-state index in [-0.39, 0.29) is 17.1 Å². The van der Waals surface area contributed by atoms with Gasteiger partial charge in [-0.1, -0.05) is 23.4 Å². The monoisotopic (exact) mass is 273 g/mol. The molecule has 0 unspecified atom stereocenters. The molecule has 0 aliphatic carbocycles. The van der Waals surface area contributed by atoms with E-state index in [9.17, 15) is 10.1 Å². The minimum Gasteiger partial charge on any atom is -0.378 e. The number of aromatic nitrogens is 1. The minimum atomic E-state index is -0.485. The third-order valence-corrected chi connectivity index (χ3v) is 2.88. The highest BCUT2D eigenvalue weighted by Crippen LogP contribution is 2.24. The molecule has 2 rings (SSSR count). The van der Waals surface area contributed by atoms with Crippen molar-refractivity contribution in [3.05, 3.63) is 51.4 Å². The van der Waals surface area contributed by atoms with E-state index in [1.807, 2.05) is 43.3 Å². The Morgan fingerprint density at radius 1 is 1.25 bits per heavy atom. The van der Waals surface area contributed by atoms with Crippen molar-refractivity contribution in [1.29, 1.82) is 0 Å². The van der Waals surface area contributed by atoms with Crippen LogP contribution in [0.25, 0.3) is 12.2 Å². The fourth-order valence-electron chi connectivity index (χ4n) is 1.77. The van der Waals surface area contributed by atoms with E-state index in [4.69, 9.17) is 4.52 Å². The molecule has 0 N–H and O–H groups in total. The first-order chi connectivity index (χ1) is 9.49. The predicted octanol–water partition coefficient (Wildman–Crippen LogP) is 3.13. The van der Waals surface area contributed by atoms with Crippen LogP contribution in [0.4, 0.5) is 11.4 Å². The first-order valence-electron chi connectivity index (χ1n) is 6.05. The molecule has 1 heterocycles. The second-order valence-corrected chi connectivity index (χ2v) is 4.56. The number of hydrogen-bond donors (Lipinski definition) is 0. The third-order valence-electron chi connectivity index (χ3n) is 2.88. The van der Waals surface area contributed by atoms with Gasteiger partial charge in [-0.15, -0.1) is 0 Å². The van der Waals surface area contributed by atoms with Crippen molar-refractivity contribution < 1.29 is 9.45 Å². The zero-order valence-corrected chi connectivity index (χ0v) is 11.5. The average molecular weight is 273 g/mol. The summed E-state index contributed by atoms with van der Waals surface area (Å²) in [5.74, 6) is 0.157. The van der Waals surface area contributed by atoms with Crippen LogP contribution in [0, 0.1) is 17.0 Å². The van der Waals surface area contributed by atoms with Gasteiger partial charge >= 0.3 is 5.69 Å². The van der Waals surface area contributed by atoms with Gasteiger partial charge in [0.15, 0.2) is 5.69 Å². The van der Waals surface area contributed by atoms with Crippen LogP contribution in [-0.2, 0) is 0 Å². The highest BCUT2D eigenvalue weighted by molar-refractivity contribution is 5.72. The zero-order valence-electron chi connectivity index (χ0n) is 11.5. The molecular weight excluding hydrogens is 258 g/mol. The molecule has 0 aliphatic heterocycles. The summed E-state index contributed by atoms with van der Waals surface area (Å²) in [6.07, 6.45) is 3.31. The zero-order chi connectivity index (χ0) is 14.7. The quantitative estimate of drug-likeness (QED) is 0.632. The Bertz CT molecular complexity index is 642. The van der Waals surface area contributed by atoms with E-state index in [2.05, 4.69) is 5.16 Å². The van der Waals surface area contributed by atoms with Crippen LogP contribution < -0.4 is 4.90 Å². The molecule has 0 bridgehead atoms. The van der Waals surface area contributed by atoms with Gasteiger partial charge in [0.2, 0.25) is 5.76 Å². The van der Waals surface area contributed by atoms with Gasteiger partial charge in [0, 0.05) is 19.8 Å². The molecule has 6 nitrogen and oxygen atoms in total. The summed E-state index contributed by atoms with van der Waals surface area (Å²) in [6, 6.07) is 7.81. The van der Waals surface area contributed by atoms with E-state index >= 15 is 0 Å². The molecule has 0 atom stereocenters. The topological polar surface area (TPSA) is 72.4 Å². The Hall–Kier alpha value is -2.63. The first-order valence-corrected chi connectivity index (χ1v) is 6.05. The van der Waals surface area contributed by atoms with Crippen molar-refractivity contribution in [2.24, 2.45) is 0 Å². The summed E-state index contributed by atoms with van der Waals surface area (Å²) in [4.78, 5) is 12.4. The van der Waals surface area contributed by atoms with Crippen LogP contribution in [-0.4, -0.2) is 24.2 Å². The molecule has 0 spiro atoms. The van der Waals surface area contributed by atoms with E-state index < -0.39 is 4.92 Å². The van der Waals surface area contributed by atoms with Crippen molar-refractivity contribution >= 4 is 23.5 Å². The van der Waals surface area contributed by atoms with Crippen LogP contribution >= 0.6 is 0 Å². The number of rotatable bonds is 4. The lowest BCUT2D eigenvalue weighted by atomic mass is 10.1. The number of anilines is 1. The van der Waals surface area contributed by atoms with Gasteiger partial charge < -0.3 is 9.42 Å². The highest BCUT2D eigenvalue weighted by atomic mass is 16.6. The fourth-order valence-corrected chi connectivity index (χ4v) is 1.77. The van der Waals surface area contributed by atoms with Crippen LogP contribution in [0.5, 0.6) is 0 Å². The van der Waals surface area contributed by atoms with Crippen molar-refractivity contribution in [2.45, 2.75) is 6.92 Å². The molecule has 20 heavy (non-hydrogen) atoms. The third kappa shape index (κ3) is 2.85. The van der Waals surface area contributed by atoms with E-state index in [1.165, 1.54) is 0 Å². The Morgan fingerprint density at radius 2 is 1.90 bits per heavy atom. The lowest BCUT2D eigenvalue weighted by molar-refractivity contribution is -0.386. The van der Waals surface area contributed by atoms with Gasteiger partial charge in [-0.3, -0.25) is 10.1 Å².